The van der Waals surface area contributed by atoms with E-state index in [0.29, 0.717) is 12.0 Å². The van der Waals surface area contributed by atoms with Crippen molar-refractivity contribution in [3.63, 3.8) is 0 Å². The summed E-state index contributed by atoms with van der Waals surface area (Å²) in [7, 11) is 0. The molecular formula is C29H31BrN4O2. The number of hydrogen-bond acceptors (Lipinski definition) is 4. The van der Waals surface area contributed by atoms with E-state index < -0.39 is 0 Å². The summed E-state index contributed by atoms with van der Waals surface area (Å²) >= 11 is 3.49. The zero-order chi connectivity index (χ0) is 25.2. The van der Waals surface area contributed by atoms with E-state index in [1.54, 1.807) is 6.21 Å². The van der Waals surface area contributed by atoms with Crippen LogP contribution in [0.25, 0.3) is 16.6 Å². The van der Waals surface area contributed by atoms with E-state index in [2.05, 4.69) is 52.5 Å². The van der Waals surface area contributed by atoms with Crippen LogP contribution in [0, 0.1) is 13.8 Å². The van der Waals surface area contributed by atoms with Gasteiger partial charge in [0.05, 0.1) is 23.7 Å². The minimum atomic E-state index is -0.126. The van der Waals surface area contributed by atoms with Crippen molar-refractivity contribution in [2.45, 2.75) is 58.8 Å². The third-order valence-corrected chi connectivity index (χ3v) is 7.49. The average Bonchev–Trinajstić information content (AvgIpc) is 3.17. The number of benzene rings is 2. The van der Waals surface area contributed by atoms with Crippen LogP contribution in [0.5, 0.6) is 5.75 Å². The van der Waals surface area contributed by atoms with Crippen molar-refractivity contribution in [3.8, 4) is 11.4 Å². The highest BCUT2D eigenvalue weighted by Crippen LogP contribution is 2.32. The van der Waals surface area contributed by atoms with Crippen LogP contribution in [0.1, 0.15) is 67.7 Å². The molecule has 0 aliphatic heterocycles. The van der Waals surface area contributed by atoms with Crippen LogP contribution in [0.2, 0.25) is 0 Å². The van der Waals surface area contributed by atoms with Crippen molar-refractivity contribution in [1.29, 1.82) is 0 Å². The predicted molar refractivity (Wildman–Crippen MR) is 149 cm³/mol. The molecule has 0 unspecified atom stereocenters. The summed E-state index contributed by atoms with van der Waals surface area (Å²) in [6, 6.07) is 15.9. The fourth-order valence-electron chi connectivity index (χ4n) is 5.20. The first-order valence-corrected chi connectivity index (χ1v) is 13.4. The van der Waals surface area contributed by atoms with Gasteiger partial charge in [0.2, 0.25) is 0 Å². The average molecular weight is 547 g/mol. The molecule has 0 radical (unpaired) electrons. The Morgan fingerprint density at radius 3 is 2.56 bits per heavy atom. The van der Waals surface area contributed by atoms with Crippen LogP contribution in [0.3, 0.4) is 0 Å². The monoisotopic (exact) mass is 546 g/mol. The Labute approximate surface area is 219 Å². The van der Waals surface area contributed by atoms with Crippen molar-refractivity contribution in [3.05, 3.63) is 86.1 Å². The van der Waals surface area contributed by atoms with Crippen LogP contribution in [0.4, 0.5) is 0 Å². The molecule has 186 valence electrons. The zero-order valence-electron chi connectivity index (χ0n) is 21.0. The van der Waals surface area contributed by atoms with Crippen LogP contribution in [-0.4, -0.2) is 27.0 Å². The van der Waals surface area contributed by atoms with E-state index in [1.807, 2.05) is 37.3 Å². The fourth-order valence-corrected chi connectivity index (χ4v) is 5.56. The van der Waals surface area contributed by atoms with Crippen LogP contribution in [0.15, 0.2) is 62.9 Å². The van der Waals surface area contributed by atoms with E-state index in [9.17, 15) is 4.79 Å². The highest BCUT2D eigenvalue weighted by molar-refractivity contribution is 9.10. The number of aromatic nitrogens is 3. The van der Waals surface area contributed by atoms with E-state index >= 15 is 0 Å². The van der Waals surface area contributed by atoms with Gasteiger partial charge in [-0.25, -0.2) is 4.98 Å². The molecule has 1 saturated carbocycles. The molecule has 6 nitrogen and oxygen atoms in total. The molecule has 2 aromatic carbocycles. The lowest BCUT2D eigenvalue weighted by molar-refractivity contribution is 0.340. The topological polar surface area (TPSA) is 61.4 Å². The first kappa shape index (κ1) is 24.5. The number of aryl methyl sites for hydroxylation is 1. The second kappa shape index (κ2) is 10.4. The largest absolute Gasteiger partial charge is 0.494 e. The van der Waals surface area contributed by atoms with Gasteiger partial charge in [0.1, 0.15) is 11.6 Å². The van der Waals surface area contributed by atoms with Gasteiger partial charge in [-0.3, -0.25) is 4.79 Å². The Bertz CT molecular complexity index is 1480. The molecule has 0 atom stereocenters. The summed E-state index contributed by atoms with van der Waals surface area (Å²) in [6.45, 7) is 6.78. The lowest BCUT2D eigenvalue weighted by Crippen LogP contribution is -2.25. The normalized spacial score (nSPS) is 14.7. The van der Waals surface area contributed by atoms with Crippen LogP contribution >= 0.6 is 15.9 Å². The Kier molecular flexibility index (Phi) is 7.10. The van der Waals surface area contributed by atoms with Gasteiger partial charge in [-0.15, -0.1) is 0 Å². The highest BCUT2D eigenvalue weighted by atomic mass is 79.9. The minimum Gasteiger partial charge on any atom is -0.494 e. The molecule has 2 heterocycles. The molecule has 7 heteroatoms. The second-order valence-electron chi connectivity index (χ2n) is 9.42. The maximum Gasteiger partial charge on any atom is 0.282 e. The number of rotatable bonds is 6. The Balaban J connectivity index is 1.57. The Hall–Kier alpha value is -3.19. The molecule has 2 aromatic heterocycles. The number of hydrogen-bond donors (Lipinski definition) is 0. The van der Waals surface area contributed by atoms with Gasteiger partial charge < -0.3 is 9.30 Å². The molecule has 5 rings (SSSR count). The fraction of sp³-hybridized carbons (Fsp3) is 0.345. The predicted octanol–water partition coefficient (Wildman–Crippen LogP) is 6.90. The minimum absolute atomic E-state index is 0.126. The molecule has 0 saturated heterocycles. The molecular weight excluding hydrogens is 516 g/mol. The Morgan fingerprint density at radius 2 is 1.83 bits per heavy atom. The standard InChI is InChI=1S/C29H31BrN4O2/c1-4-36-25-13-11-24(12-14-25)33-19(2)16-22(20(33)3)18-31-34-28(21-8-6-5-7-9-21)32-27-15-10-23(30)17-26(27)29(34)35/h10-18,21H,4-9H2,1-3H3. The molecule has 36 heavy (non-hydrogen) atoms. The first-order valence-electron chi connectivity index (χ1n) is 12.6. The lowest BCUT2D eigenvalue weighted by Gasteiger charge is -2.22. The van der Waals surface area contributed by atoms with Crippen molar-refractivity contribution in [1.82, 2.24) is 14.2 Å². The summed E-state index contributed by atoms with van der Waals surface area (Å²) in [6.07, 6.45) is 7.43. The summed E-state index contributed by atoms with van der Waals surface area (Å²) < 4.78 is 10.2. The van der Waals surface area contributed by atoms with Gasteiger partial charge in [-0.05, 0) is 82.1 Å². The molecule has 0 bridgehead atoms. The van der Waals surface area contributed by atoms with Gasteiger partial charge in [-0.2, -0.15) is 9.78 Å². The van der Waals surface area contributed by atoms with Gasteiger partial charge >= 0.3 is 0 Å². The highest BCUT2D eigenvalue weighted by Gasteiger charge is 2.22. The molecule has 1 aliphatic carbocycles. The lowest BCUT2D eigenvalue weighted by atomic mass is 9.88. The third-order valence-electron chi connectivity index (χ3n) is 6.99. The number of fused-ring (bicyclic) bond motifs is 1. The van der Waals surface area contributed by atoms with Gasteiger partial charge in [-0.1, -0.05) is 35.2 Å². The van der Waals surface area contributed by atoms with Gasteiger partial charge in [0.25, 0.3) is 5.56 Å². The number of halogens is 1. The van der Waals surface area contributed by atoms with E-state index in [-0.39, 0.29) is 11.5 Å². The maximum absolute atomic E-state index is 13.6. The van der Waals surface area contributed by atoms with Crippen LogP contribution < -0.4 is 10.3 Å². The van der Waals surface area contributed by atoms with Gasteiger partial charge in [0.15, 0.2) is 0 Å². The molecule has 1 aliphatic rings. The molecule has 0 amide bonds. The van der Waals surface area contributed by atoms with Crippen molar-refractivity contribution in [2.24, 2.45) is 5.10 Å². The summed E-state index contributed by atoms with van der Waals surface area (Å²) in [5, 5.41) is 5.32. The smallest absolute Gasteiger partial charge is 0.282 e. The quantitative estimate of drug-likeness (QED) is 0.247. The van der Waals surface area contributed by atoms with E-state index in [1.165, 1.54) is 11.1 Å². The second-order valence-corrected chi connectivity index (χ2v) is 10.3. The van der Waals surface area contributed by atoms with E-state index in [4.69, 9.17) is 14.8 Å². The van der Waals surface area contributed by atoms with Crippen molar-refractivity contribution in [2.75, 3.05) is 6.61 Å². The molecule has 1 fully saturated rings. The first-order chi connectivity index (χ1) is 17.5. The van der Waals surface area contributed by atoms with Crippen molar-refractivity contribution >= 4 is 33.0 Å². The Morgan fingerprint density at radius 1 is 1.08 bits per heavy atom. The summed E-state index contributed by atoms with van der Waals surface area (Å²) in [4.78, 5) is 18.5. The number of ether oxygens (including phenoxy) is 1. The maximum atomic E-state index is 13.6. The van der Waals surface area contributed by atoms with Gasteiger partial charge in [0, 0.05) is 33.0 Å². The molecule has 0 spiro atoms. The number of nitrogens with zero attached hydrogens (tertiary/aromatic N) is 4. The zero-order valence-corrected chi connectivity index (χ0v) is 22.6. The SMILES string of the molecule is CCOc1ccc(-n2c(C)cc(C=Nn3c(C4CCCCC4)nc4ccc(Br)cc4c3=O)c2C)cc1. The summed E-state index contributed by atoms with van der Waals surface area (Å²) in [5.41, 5.74) is 4.78. The molecule has 4 aromatic rings. The van der Waals surface area contributed by atoms with E-state index in [0.717, 1.165) is 69.9 Å². The van der Waals surface area contributed by atoms with Crippen LogP contribution in [-0.2, 0) is 0 Å². The molecule has 0 N–H and O–H groups in total. The van der Waals surface area contributed by atoms with Crippen molar-refractivity contribution < 1.29 is 4.74 Å². The third kappa shape index (κ3) is 4.76. The summed E-state index contributed by atoms with van der Waals surface area (Å²) in [5.74, 6) is 1.87.